The minimum Gasteiger partial charge on any atom is -0.349 e. The molecule has 2 saturated carbocycles. The third-order valence-electron chi connectivity index (χ3n) is 4.58. The SMILES string of the molecule is O=C(NCc1nc2ccccc2[nH]1)C1C2CCCC21. The van der Waals surface area contributed by atoms with Gasteiger partial charge in [0.25, 0.3) is 0 Å². The lowest BCUT2D eigenvalue weighted by Gasteiger charge is -2.04. The second kappa shape index (κ2) is 4.08. The lowest BCUT2D eigenvalue weighted by atomic mass is 10.1. The van der Waals surface area contributed by atoms with Gasteiger partial charge in [-0.1, -0.05) is 18.6 Å². The van der Waals surface area contributed by atoms with Gasteiger partial charge in [-0.2, -0.15) is 0 Å². The zero-order valence-corrected chi connectivity index (χ0v) is 10.7. The van der Waals surface area contributed by atoms with E-state index in [0.29, 0.717) is 18.4 Å². The minimum atomic E-state index is 0.218. The Morgan fingerprint density at radius 3 is 2.89 bits per heavy atom. The van der Waals surface area contributed by atoms with E-state index < -0.39 is 0 Å². The number of rotatable bonds is 3. The zero-order chi connectivity index (χ0) is 12.8. The molecule has 1 heterocycles. The number of carbonyl (C=O) groups is 1. The van der Waals surface area contributed by atoms with Gasteiger partial charge < -0.3 is 10.3 Å². The van der Waals surface area contributed by atoms with Gasteiger partial charge in [-0.05, 0) is 36.8 Å². The van der Waals surface area contributed by atoms with Crippen LogP contribution in [0.2, 0.25) is 0 Å². The molecule has 2 aliphatic rings. The average molecular weight is 255 g/mol. The van der Waals surface area contributed by atoms with Gasteiger partial charge in [0.2, 0.25) is 5.91 Å². The Kier molecular flexibility index (Phi) is 2.37. The van der Waals surface area contributed by atoms with Gasteiger partial charge in [-0.25, -0.2) is 4.98 Å². The Labute approximate surface area is 111 Å². The number of nitrogens with one attached hydrogen (secondary N) is 2. The highest BCUT2D eigenvalue weighted by Crippen LogP contribution is 2.57. The van der Waals surface area contributed by atoms with Gasteiger partial charge in [0.05, 0.1) is 17.6 Å². The first-order valence-electron chi connectivity index (χ1n) is 7.04. The molecule has 98 valence electrons. The average Bonchev–Trinajstić information content (AvgIpc) is 2.82. The number of para-hydroxylation sites is 2. The number of nitrogens with zero attached hydrogens (tertiary/aromatic N) is 1. The van der Waals surface area contributed by atoms with Gasteiger partial charge >= 0.3 is 0 Å². The molecule has 2 atom stereocenters. The fourth-order valence-electron chi connectivity index (χ4n) is 3.59. The van der Waals surface area contributed by atoms with Gasteiger partial charge in [0.15, 0.2) is 0 Å². The summed E-state index contributed by atoms with van der Waals surface area (Å²) < 4.78 is 0. The second-order valence-electron chi connectivity index (χ2n) is 5.70. The van der Waals surface area contributed by atoms with Crippen LogP contribution in [0.5, 0.6) is 0 Å². The Morgan fingerprint density at radius 1 is 1.32 bits per heavy atom. The Hall–Kier alpha value is -1.84. The molecule has 0 radical (unpaired) electrons. The molecule has 0 spiro atoms. The van der Waals surface area contributed by atoms with E-state index >= 15 is 0 Å². The van der Waals surface area contributed by atoms with E-state index in [9.17, 15) is 4.79 Å². The third-order valence-corrected chi connectivity index (χ3v) is 4.58. The third kappa shape index (κ3) is 1.82. The van der Waals surface area contributed by atoms with Crippen molar-refractivity contribution in [3.63, 3.8) is 0 Å². The summed E-state index contributed by atoms with van der Waals surface area (Å²) in [6, 6.07) is 7.92. The largest absolute Gasteiger partial charge is 0.349 e. The quantitative estimate of drug-likeness (QED) is 0.883. The first-order chi connectivity index (χ1) is 9.33. The maximum atomic E-state index is 12.1. The molecule has 1 aromatic carbocycles. The van der Waals surface area contributed by atoms with Crippen molar-refractivity contribution in [3.05, 3.63) is 30.1 Å². The van der Waals surface area contributed by atoms with Crippen LogP contribution in [0, 0.1) is 17.8 Å². The predicted molar refractivity (Wildman–Crippen MR) is 72.3 cm³/mol. The van der Waals surface area contributed by atoms with Crippen molar-refractivity contribution in [3.8, 4) is 0 Å². The highest BCUT2D eigenvalue weighted by atomic mass is 16.2. The summed E-state index contributed by atoms with van der Waals surface area (Å²) in [6.07, 6.45) is 3.80. The molecule has 0 saturated heterocycles. The monoisotopic (exact) mass is 255 g/mol. The van der Waals surface area contributed by atoms with E-state index in [-0.39, 0.29) is 11.8 Å². The molecular weight excluding hydrogens is 238 g/mol. The number of imidazole rings is 1. The van der Waals surface area contributed by atoms with E-state index in [1.807, 2.05) is 24.3 Å². The number of aromatic nitrogens is 2. The Bertz CT molecular complexity index is 590. The number of H-pyrrole nitrogens is 1. The molecule has 2 N–H and O–H groups in total. The van der Waals surface area contributed by atoms with Crippen LogP contribution in [0.15, 0.2) is 24.3 Å². The van der Waals surface area contributed by atoms with Crippen molar-refractivity contribution in [2.45, 2.75) is 25.8 Å². The standard InChI is InChI=1S/C15H17N3O/c19-15(14-9-4-3-5-10(9)14)16-8-13-17-11-6-1-2-7-12(11)18-13/h1-2,6-7,9-10,14H,3-5,8H2,(H,16,19)(H,17,18). The molecular formula is C15H17N3O. The van der Waals surface area contributed by atoms with Gasteiger partial charge in [-0.15, -0.1) is 0 Å². The number of carbonyl (C=O) groups excluding carboxylic acids is 1. The zero-order valence-electron chi connectivity index (χ0n) is 10.7. The lowest BCUT2D eigenvalue weighted by Crippen LogP contribution is -2.26. The highest BCUT2D eigenvalue weighted by molar-refractivity contribution is 5.82. The molecule has 2 unspecified atom stereocenters. The fraction of sp³-hybridized carbons (Fsp3) is 0.467. The molecule has 19 heavy (non-hydrogen) atoms. The van der Waals surface area contributed by atoms with Crippen molar-refractivity contribution in [2.24, 2.45) is 17.8 Å². The van der Waals surface area contributed by atoms with Crippen molar-refractivity contribution in [1.82, 2.24) is 15.3 Å². The molecule has 1 aromatic heterocycles. The molecule has 4 nitrogen and oxygen atoms in total. The molecule has 4 heteroatoms. The summed E-state index contributed by atoms with van der Waals surface area (Å²) in [5, 5.41) is 3.02. The van der Waals surface area contributed by atoms with E-state index in [0.717, 1.165) is 16.9 Å². The smallest absolute Gasteiger partial charge is 0.224 e. The molecule has 0 bridgehead atoms. The maximum absolute atomic E-state index is 12.1. The van der Waals surface area contributed by atoms with Crippen LogP contribution in [-0.2, 0) is 11.3 Å². The number of hydrogen-bond acceptors (Lipinski definition) is 2. The van der Waals surface area contributed by atoms with Crippen LogP contribution in [0.4, 0.5) is 0 Å². The van der Waals surface area contributed by atoms with Gasteiger partial charge in [-0.3, -0.25) is 4.79 Å². The molecule has 2 aromatic rings. The van der Waals surface area contributed by atoms with Crippen LogP contribution < -0.4 is 5.32 Å². The van der Waals surface area contributed by atoms with Crippen LogP contribution >= 0.6 is 0 Å². The van der Waals surface area contributed by atoms with E-state index in [4.69, 9.17) is 0 Å². The summed E-state index contributed by atoms with van der Waals surface area (Å²) in [5.74, 6) is 2.69. The topological polar surface area (TPSA) is 57.8 Å². The molecule has 0 aliphatic heterocycles. The number of hydrogen-bond donors (Lipinski definition) is 2. The maximum Gasteiger partial charge on any atom is 0.224 e. The summed E-state index contributed by atoms with van der Waals surface area (Å²) >= 11 is 0. The van der Waals surface area contributed by atoms with Crippen LogP contribution in [0.1, 0.15) is 25.1 Å². The predicted octanol–water partition coefficient (Wildman–Crippen LogP) is 2.23. The summed E-state index contributed by atoms with van der Waals surface area (Å²) in [6.45, 7) is 0.503. The van der Waals surface area contributed by atoms with Gasteiger partial charge in [0, 0.05) is 5.92 Å². The van der Waals surface area contributed by atoms with Crippen molar-refractivity contribution in [2.75, 3.05) is 0 Å². The molecule has 1 amide bonds. The Morgan fingerprint density at radius 2 is 2.11 bits per heavy atom. The molecule has 2 aliphatic carbocycles. The lowest BCUT2D eigenvalue weighted by molar-refractivity contribution is -0.123. The van der Waals surface area contributed by atoms with Crippen LogP contribution in [0.3, 0.4) is 0 Å². The second-order valence-corrected chi connectivity index (χ2v) is 5.70. The number of fused-ring (bicyclic) bond motifs is 2. The summed E-state index contributed by atoms with van der Waals surface area (Å²) in [5.41, 5.74) is 1.98. The molecule has 2 fully saturated rings. The van der Waals surface area contributed by atoms with Crippen molar-refractivity contribution in [1.29, 1.82) is 0 Å². The van der Waals surface area contributed by atoms with Crippen molar-refractivity contribution >= 4 is 16.9 Å². The van der Waals surface area contributed by atoms with E-state index in [1.54, 1.807) is 0 Å². The number of benzene rings is 1. The normalized spacial score (nSPS) is 28.3. The summed E-state index contributed by atoms with van der Waals surface area (Å²) in [7, 11) is 0. The molecule has 4 rings (SSSR count). The van der Waals surface area contributed by atoms with Crippen LogP contribution in [-0.4, -0.2) is 15.9 Å². The minimum absolute atomic E-state index is 0.218. The highest BCUT2D eigenvalue weighted by Gasteiger charge is 2.56. The Balaban J connectivity index is 1.40. The fourth-order valence-corrected chi connectivity index (χ4v) is 3.59. The van der Waals surface area contributed by atoms with Gasteiger partial charge in [0.1, 0.15) is 5.82 Å². The summed E-state index contributed by atoms with van der Waals surface area (Å²) in [4.78, 5) is 19.8. The van der Waals surface area contributed by atoms with E-state index in [1.165, 1.54) is 19.3 Å². The van der Waals surface area contributed by atoms with Crippen LogP contribution in [0.25, 0.3) is 11.0 Å². The first-order valence-corrected chi connectivity index (χ1v) is 7.04. The number of amides is 1. The first kappa shape index (κ1) is 11.0. The van der Waals surface area contributed by atoms with E-state index in [2.05, 4.69) is 15.3 Å². The number of aromatic amines is 1. The van der Waals surface area contributed by atoms with Crippen molar-refractivity contribution < 1.29 is 4.79 Å².